The van der Waals surface area contributed by atoms with Crippen LogP contribution in [0.15, 0.2) is 48.5 Å². The number of nitrogens with one attached hydrogen (secondary N) is 1. The van der Waals surface area contributed by atoms with Crippen molar-refractivity contribution >= 4 is 17.5 Å². The Morgan fingerprint density at radius 1 is 1.11 bits per heavy atom. The topological polar surface area (TPSA) is 67.9 Å². The lowest BCUT2D eigenvalue weighted by Crippen LogP contribution is -2.32. The summed E-state index contributed by atoms with van der Waals surface area (Å²) in [6, 6.07) is 14.9. The lowest BCUT2D eigenvalue weighted by molar-refractivity contribution is -0.126. The summed E-state index contributed by atoms with van der Waals surface area (Å²) in [7, 11) is 1.62. The van der Waals surface area contributed by atoms with Crippen LogP contribution >= 0.6 is 0 Å². The van der Waals surface area contributed by atoms with E-state index in [0.29, 0.717) is 13.1 Å². The van der Waals surface area contributed by atoms with Gasteiger partial charge in [0, 0.05) is 25.2 Å². The SMILES string of the molecule is COc1ccc(CNC(=O)[C@H]2CC(=O)N(c3ccc(OC(C)C)cc3)C2)cc1. The zero-order chi connectivity index (χ0) is 20.1. The summed E-state index contributed by atoms with van der Waals surface area (Å²) in [4.78, 5) is 26.6. The summed E-state index contributed by atoms with van der Waals surface area (Å²) in [5, 5.41) is 2.92. The van der Waals surface area contributed by atoms with Gasteiger partial charge in [-0.2, -0.15) is 0 Å². The molecule has 1 aliphatic heterocycles. The second-order valence-corrected chi connectivity index (χ2v) is 7.13. The second-order valence-electron chi connectivity index (χ2n) is 7.13. The van der Waals surface area contributed by atoms with Crippen LogP contribution in [0.2, 0.25) is 0 Å². The van der Waals surface area contributed by atoms with Crippen molar-refractivity contribution in [3.63, 3.8) is 0 Å². The zero-order valence-corrected chi connectivity index (χ0v) is 16.5. The van der Waals surface area contributed by atoms with Crippen LogP contribution in [-0.4, -0.2) is 31.6 Å². The normalized spacial score (nSPS) is 16.4. The molecule has 0 aromatic heterocycles. The molecule has 0 unspecified atom stereocenters. The molecule has 6 nitrogen and oxygen atoms in total. The number of carbonyl (C=O) groups excluding carboxylic acids is 2. The fourth-order valence-electron chi connectivity index (χ4n) is 3.19. The quantitative estimate of drug-likeness (QED) is 0.799. The maximum atomic E-state index is 12.5. The Labute approximate surface area is 165 Å². The Bertz CT molecular complexity index is 815. The first-order valence-electron chi connectivity index (χ1n) is 9.44. The Kier molecular flexibility index (Phi) is 6.19. The van der Waals surface area contributed by atoms with Crippen LogP contribution in [0.5, 0.6) is 11.5 Å². The second kappa shape index (κ2) is 8.78. The van der Waals surface area contributed by atoms with Gasteiger partial charge in [-0.15, -0.1) is 0 Å². The number of hydrogen-bond donors (Lipinski definition) is 1. The lowest BCUT2D eigenvalue weighted by atomic mass is 10.1. The van der Waals surface area contributed by atoms with Gasteiger partial charge in [-0.1, -0.05) is 12.1 Å². The number of ether oxygens (including phenoxy) is 2. The predicted molar refractivity (Wildman–Crippen MR) is 108 cm³/mol. The average Bonchev–Trinajstić information content (AvgIpc) is 3.08. The molecule has 1 aliphatic rings. The number of amides is 2. The van der Waals surface area contributed by atoms with E-state index in [1.807, 2.05) is 62.4 Å². The van der Waals surface area contributed by atoms with Gasteiger partial charge in [-0.25, -0.2) is 0 Å². The van der Waals surface area contributed by atoms with E-state index in [4.69, 9.17) is 9.47 Å². The minimum Gasteiger partial charge on any atom is -0.497 e. The van der Waals surface area contributed by atoms with Crippen molar-refractivity contribution < 1.29 is 19.1 Å². The van der Waals surface area contributed by atoms with E-state index >= 15 is 0 Å². The van der Waals surface area contributed by atoms with Crippen LogP contribution in [0.25, 0.3) is 0 Å². The third-order valence-electron chi connectivity index (χ3n) is 4.64. The van der Waals surface area contributed by atoms with Gasteiger partial charge in [0.25, 0.3) is 0 Å². The van der Waals surface area contributed by atoms with E-state index in [-0.39, 0.29) is 30.3 Å². The smallest absolute Gasteiger partial charge is 0.227 e. The molecule has 2 amide bonds. The third-order valence-corrected chi connectivity index (χ3v) is 4.64. The highest BCUT2D eigenvalue weighted by Gasteiger charge is 2.35. The van der Waals surface area contributed by atoms with E-state index in [1.165, 1.54) is 0 Å². The molecule has 2 aromatic carbocycles. The maximum absolute atomic E-state index is 12.5. The fraction of sp³-hybridized carbons (Fsp3) is 0.364. The summed E-state index contributed by atoms with van der Waals surface area (Å²) < 4.78 is 10.8. The molecular weight excluding hydrogens is 356 g/mol. The highest BCUT2D eigenvalue weighted by Crippen LogP contribution is 2.27. The van der Waals surface area contributed by atoms with Gasteiger partial charge in [-0.05, 0) is 55.8 Å². The first-order valence-corrected chi connectivity index (χ1v) is 9.44. The van der Waals surface area contributed by atoms with Crippen LogP contribution in [-0.2, 0) is 16.1 Å². The number of benzene rings is 2. The number of nitrogens with zero attached hydrogens (tertiary/aromatic N) is 1. The molecule has 1 N–H and O–H groups in total. The standard InChI is InChI=1S/C22H26N2O4/c1-15(2)28-20-10-6-18(7-11-20)24-14-17(12-21(24)25)22(26)23-13-16-4-8-19(27-3)9-5-16/h4-11,15,17H,12-14H2,1-3H3,(H,23,26)/t17-/m0/s1. The third kappa shape index (κ3) is 4.82. The first-order chi connectivity index (χ1) is 13.5. The number of anilines is 1. The Morgan fingerprint density at radius 2 is 1.75 bits per heavy atom. The van der Waals surface area contributed by atoms with E-state index in [1.54, 1.807) is 12.0 Å². The molecule has 3 rings (SSSR count). The molecule has 0 spiro atoms. The summed E-state index contributed by atoms with van der Waals surface area (Å²) in [5.74, 6) is 1.04. The van der Waals surface area contributed by atoms with Crippen molar-refractivity contribution in [3.8, 4) is 11.5 Å². The van der Waals surface area contributed by atoms with Gasteiger partial charge in [0.15, 0.2) is 0 Å². The lowest BCUT2D eigenvalue weighted by Gasteiger charge is -2.18. The number of carbonyl (C=O) groups is 2. The monoisotopic (exact) mass is 382 g/mol. The van der Waals surface area contributed by atoms with Gasteiger partial charge in [-0.3, -0.25) is 9.59 Å². The van der Waals surface area contributed by atoms with Gasteiger partial charge in [0.05, 0.1) is 19.1 Å². The van der Waals surface area contributed by atoms with E-state index in [9.17, 15) is 9.59 Å². The molecule has 1 atom stereocenters. The Morgan fingerprint density at radius 3 is 2.36 bits per heavy atom. The van der Waals surface area contributed by atoms with Crippen LogP contribution in [0, 0.1) is 5.92 Å². The molecule has 1 fully saturated rings. The minimum absolute atomic E-state index is 0.0397. The summed E-state index contributed by atoms with van der Waals surface area (Å²) in [6.45, 7) is 4.74. The molecule has 1 heterocycles. The molecular formula is C22H26N2O4. The average molecular weight is 382 g/mol. The highest BCUT2D eigenvalue weighted by molar-refractivity contribution is 6.00. The van der Waals surface area contributed by atoms with Crippen LogP contribution < -0.4 is 19.7 Å². The van der Waals surface area contributed by atoms with Crippen LogP contribution in [0.4, 0.5) is 5.69 Å². The first kappa shape index (κ1) is 19.7. The zero-order valence-electron chi connectivity index (χ0n) is 16.5. The van der Waals surface area contributed by atoms with E-state index in [2.05, 4.69) is 5.32 Å². The highest BCUT2D eigenvalue weighted by atomic mass is 16.5. The molecule has 0 saturated carbocycles. The summed E-state index contributed by atoms with van der Waals surface area (Å²) in [6.07, 6.45) is 0.316. The van der Waals surface area contributed by atoms with Crippen molar-refractivity contribution in [2.24, 2.45) is 5.92 Å². The van der Waals surface area contributed by atoms with Crippen LogP contribution in [0.3, 0.4) is 0 Å². The van der Waals surface area contributed by atoms with E-state index in [0.717, 1.165) is 22.7 Å². The fourth-order valence-corrected chi connectivity index (χ4v) is 3.19. The van der Waals surface area contributed by atoms with Gasteiger partial charge < -0.3 is 19.7 Å². The van der Waals surface area contributed by atoms with Crippen molar-refractivity contribution in [2.45, 2.75) is 32.9 Å². The van der Waals surface area contributed by atoms with Crippen molar-refractivity contribution in [1.29, 1.82) is 0 Å². The van der Waals surface area contributed by atoms with Crippen molar-refractivity contribution in [2.75, 3.05) is 18.6 Å². The van der Waals surface area contributed by atoms with E-state index < -0.39 is 0 Å². The molecule has 6 heteroatoms. The molecule has 148 valence electrons. The van der Waals surface area contributed by atoms with Crippen molar-refractivity contribution in [3.05, 3.63) is 54.1 Å². The largest absolute Gasteiger partial charge is 0.497 e. The Hall–Kier alpha value is -3.02. The minimum atomic E-state index is -0.350. The molecule has 0 bridgehead atoms. The number of methoxy groups -OCH3 is 1. The predicted octanol–water partition coefficient (Wildman–Crippen LogP) is 3.15. The summed E-state index contributed by atoms with van der Waals surface area (Å²) >= 11 is 0. The van der Waals surface area contributed by atoms with Crippen molar-refractivity contribution in [1.82, 2.24) is 5.32 Å². The van der Waals surface area contributed by atoms with Gasteiger partial charge >= 0.3 is 0 Å². The maximum Gasteiger partial charge on any atom is 0.227 e. The molecule has 1 saturated heterocycles. The number of hydrogen-bond acceptors (Lipinski definition) is 4. The molecule has 0 aliphatic carbocycles. The summed E-state index contributed by atoms with van der Waals surface area (Å²) in [5.41, 5.74) is 1.77. The van der Waals surface area contributed by atoms with Gasteiger partial charge in [0.2, 0.25) is 11.8 Å². The van der Waals surface area contributed by atoms with Crippen LogP contribution in [0.1, 0.15) is 25.8 Å². The molecule has 0 radical (unpaired) electrons. The molecule has 28 heavy (non-hydrogen) atoms. The number of rotatable bonds is 7. The Balaban J connectivity index is 1.56. The van der Waals surface area contributed by atoms with Gasteiger partial charge in [0.1, 0.15) is 11.5 Å². The molecule has 2 aromatic rings.